The number of benzene rings is 5. The topological polar surface area (TPSA) is 43.4 Å². The lowest BCUT2D eigenvalue weighted by Crippen LogP contribution is -2.37. The Morgan fingerprint density at radius 2 is 1.30 bits per heavy atom. The van der Waals surface area contributed by atoms with Gasteiger partial charge in [0.1, 0.15) is 23.1 Å². The zero-order valence-electron chi connectivity index (χ0n) is 30.6. The van der Waals surface area contributed by atoms with Crippen molar-refractivity contribution in [2.45, 2.75) is 43.1 Å². The monoisotopic (exact) mass is 726 g/mol. The standard InChI is InChI=1S/C46H44F2N2O4/c1-51-35-12-7-31(8-13-35)46(30-5-9-33(10-6-30)49-19-23-52-24-20-49)18-15-37-43-41(39-27-32(47)28-40(48)42(39)45(43)16-3-2-4-17-45)36-14-11-34(29-38(36)44(37)54-46)50-21-25-53-26-22-50/h5-15,18,27-29H,2-4,16-17,19-26H2,1H3. The summed E-state index contributed by atoms with van der Waals surface area (Å²) in [5.41, 5.74) is 6.92. The van der Waals surface area contributed by atoms with E-state index in [0.29, 0.717) is 37.6 Å². The van der Waals surface area contributed by atoms with Crippen LogP contribution in [0.15, 0.2) is 84.9 Å². The van der Waals surface area contributed by atoms with Crippen molar-refractivity contribution in [3.05, 3.63) is 124 Å². The van der Waals surface area contributed by atoms with Crippen LogP contribution in [0.5, 0.6) is 11.5 Å². The molecule has 5 aromatic rings. The molecule has 2 saturated heterocycles. The number of nitrogens with zero attached hydrogens (tertiary/aromatic N) is 2. The molecule has 1 unspecified atom stereocenters. The molecule has 2 aliphatic carbocycles. The van der Waals surface area contributed by atoms with E-state index >= 15 is 8.78 Å². The van der Waals surface area contributed by atoms with Crippen molar-refractivity contribution >= 4 is 28.2 Å². The molecule has 0 amide bonds. The highest BCUT2D eigenvalue weighted by atomic mass is 19.1. The Morgan fingerprint density at radius 3 is 1.96 bits per heavy atom. The molecular weight excluding hydrogens is 683 g/mol. The summed E-state index contributed by atoms with van der Waals surface area (Å²) in [4.78, 5) is 4.70. The third-order valence-corrected chi connectivity index (χ3v) is 12.6. The van der Waals surface area contributed by atoms with Gasteiger partial charge in [-0.05, 0) is 83.5 Å². The fourth-order valence-corrected chi connectivity index (χ4v) is 10.0. The van der Waals surface area contributed by atoms with Crippen LogP contribution in [0.3, 0.4) is 0 Å². The number of methoxy groups -OCH3 is 1. The van der Waals surface area contributed by atoms with E-state index in [0.717, 1.165) is 126 Å². The summed E-state index contributed by atoms with van der Waals surface area (Å²) in [6.07, 6.45) is 9.06. The molecule has 3 fully saturated rings. The van der Waals surface area contributed by atoms with Crippen LogP contribution in [-0.2, 0) is 20.5 Å². The van der Waals surface area contributed by atoms with Gasteiger partial charge in [0, 0.05) is 76.7 Å². The third-order valence-electron chi connectivity index (χ3n) is 12.6. The van der Waals surface area contributed by atoms with Crippen molar-refractivity contribution in [3.63, 3.8) is 0 Å². The highest BCUT2D eigenvalue weighted by Crippen LogP contribution is 2.63. The second-order valence-corrected chi connectivity index (χ2v) is 15.3. The first-order valence-corrected chi connectivity index (χ1v) is 19.4. The predicted molar refractivity (Wildman–Crippen MR) is 209 cm³/mol. The van der Waals surface area contributed by atoms with E-state index in [4.69, 9.17) is 18.9 Å². The lowest BCUT2D eigenvalue weighted by atomic mass is 9.66. The first-order chi connectivity index (χ1) is 26.5. The minimum absolute atomic E-state index is 0.455. The highest BCUT2D eigenvalue weighted by Gasteiger charge is 2.50. The van der Waals surface area contributed by atoms with E-state index in [1.54, 1.807) is 13.2 Å². The van der Waals surface area contributed by atoms with Crippen molar-refractivity contribution in [1.82, 2.24) is 0 Å². The number of rotatable bonds is 5. The summed E-state index contributed by atoms with van der Waals surface area (Å²) in [5.74, 6) is 0.532. The second kappa shape index (κ2) is 13.1. The first kappa shape index (κ1) is 33.6. The summed E-state index contributed by atoms with van der Waals surface area (Å²) < 4.78 is 56.2. The number of hydrogen-bond acceptors (Lipinski definition) is 6. The molecule has 5 aromatic carbocycles. The summed E-state index contributed by atoms with van der Waals surface area (Å²) >= 11 is 0. The van der Waals surface area contributed by atoms with Gasteiger partial charge in [0.15, 0.2) is 5.60 Å². The Balaban J connectivity index is 1.23. The third kappa shape index (κ3) is 5.17. The van der Waals surface area contributed by atoms with Crippen LogP contribution in [0.1, 0.15) is 59.9 Å². The Labute approximate surface area is 314 Å². The van der Waals surface area contributed by atoms with E-state index in [-0.39, 0.29) is 0 Å². The smallest absolute Gasteiger partial charge is 0.178 e. The van der Waals surface area contributed by atoms with Crippen LogP contribution in [0.25, 0.3) is 28.0 Å². The second-order valence-electron chi connectivity index (χ2n) is 15.3. The molecule has 0 bridgehead atoms. The van der Waals surface area contributed by atoms with Crippen LogP contribution in [0.4, 0.5) is 20.2 Å². The number of fused-ring (bicyclic) bond motifs is 10. The van der Waals surface area contributed by atoms with Crippen LogP contribution in [0.2, 0.25) is 0 Å². The SMILES string of the molecule is COc1ccc(C2(c3ccc(N4CCOCC4)cc3)C=Cc3c4c(c5ccc(N6CCOCC6)cc5c3O2)-c2cc(F)cc(F)c2C42CCCCC2)cc1. The van der Waals surface area contributed by atoms with Crippen molar-refractivity contribution in [1.29, 1.82) is 0 Å². The Kier molecular flexibility index (Phi) is 8.18. The summed E-state index contributed by atoms with van der Waals surface area (Å²) in [7, 11) is 1.68. The van der Waals surface area contributed by atoms with E-state index in [1.165, 1.54) is 0 Å². The minimum atomic E-state index is -0.985. The maximum atomic E-state index is 16.4. The summed E-state index contributed by atoms with van der Waals surface area (Å²) in [6, 6.07) is 26.0. The molecule has 54 heavy (non-hydrogen) atoms. The molecule has 3 aliphatic heterocycles. The average Bonchev–Trinajstić information content (AvgIpc) is 3.50. The lowest BCUT2D eigenvalue weighted by molar-refractivity contribution is 0.122. The normalized spacial score (nSPS) is 21.5. The quantitative estimate of drug-likeness (QED) is 0.180. The molecule has 0 aromatic heterocycles. The van der Waals surface area contributed by atoms with E-state index < -0.39 is 22.7 Å². The Bertz CT molecular complexity index is 2270. The molecule has 0 N–H and O–H groups in total. The maximum Gasteiger partial charge on any atom is 0.178 e. The molecule has 1 atom stereocenters. The van der Waals surface area contributed by atoms with Crippen molar-refractivity contribution in [3.8, 4) is 22.6 Å². The van der Waals surface area contributed by atoms with E-state index in [1.807, 2.05) is 12.1 Å². The van der Waals surface area contributed by atoms with Gasteiger partial charge in [-0.25, -0.2) is 8.78 Å². The molecule has 3 heterocycles. The molecule has 276 valence electrons. The van der Waals surface area contributed by atoms with Gasteiger partial charge in [0.25, 0.3) is 0 Å². The van der Waals surface area contributed by atoms with Crippen LogP contribution in [-0.4, -0.2) is 59.7 Å². The number of anilines is 2. The molecule has 1 saturated carbocycles. The molecule has 0 radical (unpaired) electrons. The van der Waals surface area contributed by atoms with Crippen LogP contribution < -0.4 is 19.3 Å². The van der Waals surface area contributed by atoms with Gasteiger partial charge in [0.05, 0.1) is 33.5 Å². The number of morpholine rings is 2. The number of hydrogen-bond donors (Lipinski definition) is 0. The van der Waals surface area contributed by atoms with Gasteiger partial charge in [0.2, 0.25) is 0 Å². The fraction of sp³-hybridized carbons (Fsp3) is 0.348. The van der Waals surface area contributed by atoms with Crippen LogP contribution in [0, 0.1) is 11.6 Å². The molecule has 5 aliphatic rings. The van der Waals surface area contributed by atoms with Crippen molar-refractivity contribution in [2.75, 3.05) is 69.5 Å². The van der Waals surface area contributed by atoms with Gasteiger partial charge < -0.3 is 28.7 Å². The summed E-state index contributed by atoms with van der Waals surface area (Å²) in [6.45, 7) is 6.02. The molecule has 6 nitrogen and oxygen atoms in total. The van der Waals surface area contributed by atoms with E-state index in [2.05, 4.69) is 76.5 Å². The predicted octanol–water partition coefficient (Wildman–Crippen LogP) is 9.38. The zero-order chi connectivity index (χ0) is 36.4. The largest absolute Gasteiger partial charge is 0.497 e. The fourth-order valence-electron chi connectivity index (χ4n) is 10.0. The summed E-state index contributed by atoms with van der Waals surface area (Å²) in [5, 5.41) is 1.89. The molecule has 8 heteroatoms. The maximum absolute atomic E-state index is 16.4. The van der Waals surface area contributed by atoms with Crippen LogP contribution >= 0.6 is 0 Å². The Hall–Kier alpha value is -4.92. The number of ether oxygens (including phenoxy) is 4. The Morgan fingerprint density at radius 1 is 0.667 bits per heavy atom. The molecule has 10 rings (SSSR count). The first-order valence-electron chi connectivity index (χ1n) is 19.4. The van der Waals surface area contributed by atoms with Gasteiger partial charge in [-0.3, -0.25) is 0 Å². The van der Waals surface area contributed by atoms with Crippen molar-refractivity contribution in [2.24, 2.45) is 0 Å². The van der Waals surface area contributed by atoms with E-state index in [9.17, 15) is 0 Å². The lowest BCUT2D eigenvalue weighted by Gasteiger charge is -2.41. The molecule has 1 spiro atoms. The minimum Gasteiger partial charge on any atom is -0.497 e. The van der Waals surface area contributed by atoms with Gasteiger partial charge in [-0.1, -0.05) is 55.7 Å². The van der Waals surface area contributed by atoms with Gasteiger partial charge in [-0.2, -0.15) is 0 Å². The van der Waals surface area contributed by atoms with Crippen molar-refractivity contribution < 1.29 is 27.7 Å². The number of halogens is 2. The highest BCUT2D eigenvalue weighted by molar-refractivity contribution is 6.09. The zero-order valence-corrected chi connectivity index (χ0v) is 30.6. The van der Waals surface area contributed by atoms with Gasteiger partial charge >= 0.3 is 0 Å². The average molecular weight is 727 g/mol. The van der Waals surface area contributed by atoms with Gasteiger partial charge in [-0.15, -0.1) is 0 Å². The molecular formula is C46H44F2N2O4.